The maximum Gasteiger partial charge on any atom is 0.254 e. The third kappa shape index (κ3) is 2.88. The zero-order chi connectivity index (χ0) is 15.5. The summed E-state index contributed by atoms with van der Waals surface area (Å²) in [5.74, 6) is 1.28. The van der Waals surface area contributed by atoms with E-state index in [0.29, 0.717) is 22.9 Å². The molecule has 6 nitrogen and oxygen atoms in total. The molecule has 7 heteroatoms. The number of aliphatic hydroxyl groups excluding tert-OH is 1. The van der Waals surface area contributed by atoms with Gasteiger partial charge in [0.15, 0.2) is 0 Å². The molecule has 0 aliphatic carbocycles. The van der Waals surface area contributed by atoms with Gasteiger partial charge in [-0.2, -0.15) is 14.6 Å². The Morgan fingerprint density at radius 3 is 2.95 bits per heavy atom. The average Bonchev–Trinajstić information content (AvgIpc) is 3.01. The first-order chi connectivity index (χ1) is 10.7. The smallest absolute Gasteiger partial charge is 0.254 e. The molecule has 2 aromatic heterocycles. The predicted octanol–water partition coefficient (Wildman–Crippen LogP) is 2.49. The van der Waals surface area contributed by atoms with Crippen LogP contribution in [-0.4, -0.2) is 31.2 Å². The molecule has 22 heavy (non-hydrogen) atoms. The van der Waals surface area contributed by atoms with E-state index in [2.05, 4.69) is 20.4 Å². The molecular weight excluding hydrogens is 302 g/mol. The van der Waals surface area contributed by atoms with E-state index in [4.69, 9.17) is 11.6 Å². The Morgan fingerprint density at radius 2 is 2.18 bits per heavy atom. The summed E-state index contributed by atoms with van der Waals surface area (Å²) < 4.78 is 1.61. The van der Waals surface area contributed by atoms with Crippen molar-refractivity contribution in [2.75, 3.05) is 11.9 Å². The molecule has 0 amide bonds. The molecule has 0 aliphatic rings. The van der Waals surface area contributed by atoms with Crippen LogP contribution in [-0.2, 0) is 6.42 Å². The highest BCUT2D eigenvalue weighted by Gasteiger charge is 2.12. The summed E-state index contributed by atoms with van der Waals surface area (Å²) in [4.78, 5) is 8.48. The van der Waals surface area contributed by atoms with Gasteiger partial charge in [0.1, 0.15) is 12.1 Å². The van der Waals surface area contributed by atoms with E-state index < -0.39 is 6.10 Å². The van der Waals surface area contributed by atoms with Gasteiger partial charge in [-0.25, -0.2) is 4.98 Å². The van der Waals surface area contributed by atoms with Crippen molar-refractivity contribution in [3.63, 3.8) is 0 Å². The molecule has 3 rings (SSSR count). The Morgan fingerprint density at radius 1 is 1.36 bits per heavy atom. The zero-order valence-electron chi connectivity index (χ0n) is 12.1. The van der Waals surface area contributed by atoms with Gasteiger partial charge in [-0.15, -0.1) is 0 Å². The molecule has 2 heterocycles. The molecule has 3 aromatic rings. The van der Waals surface area contributed by atoms with Crippen molar-refractivity contribution < 1.29 is 5.11 Å². The number of rotatable bonds is 5. The van der Waals surface area contributed by atoms with Crippen molar-refractivity contribution in [1.82, 2.24) is 19.6 Å². The maximum absolute atomic E-state index is 10.3. The number of aliphatic hydroxyl groups is 1. The summed E-state index contributed by atoms with van der Waals surface area (Å²) in [5.41, 5.74) is 1.60. The summed E-state index contributed by atoms with van der Waals surface area (Å²) in [6.45, 7) is 2.34. The number of fused-ring (bicyclic) bond motifs is 1. The predicted molar refractivity (Wildman–Crippen MR) is 85.1 cm³/mol. The van der Waals surface area contributed by atoms with E-state index in [1.165, 1.54) is 6.33 Å². The van der Waals surface area contributed by atoms with Gasteiger partial charge in [-0.1, -0.05) is 36.7 Å². The molecule has 1 atom stereocenters. The van der Waals surface area contributed by atoms with Crippen LogP contribution in [0, 0.1) is 0 Å². The maximum atomic E-state index is 10.3. The van der Waals surface area contributed by atoms with E-state index in [-0.39, 0.29) is 0 Å². The first-order valence-electron chi connectivity index (χ1n) is 7.05. The van der Waals surface area contributed by atoms with Crippen molar-refractivity contribution >= 4 is 23.2 Å². The van der Waals surface area contributed by atoms with Crippen molar-refractivity contribution in [1.29, 1.82) is 0 Å². The Kier molecular flexibility index (Phi) is 4.22. The number of benzene rings is 1. The minimum Gasteiger partial charge on any atom is -0.387 e. The van der Waals surface area contributed by atoms with Crippen LogP contribution in [0.3, 0.4) is 0 Å². The van der Waals surface area contributed by atoms with Crippen LogP contribution >= 0.6 is 11.6 Å². The van der Waals surface area contributed by atoms with Gasteiger partial charge in [-0.3, -0.25) is 0 Å². The summed E-state index contributed by atoms with van der Waals surface area (Å²) in [6.07, 6.45) is 1.54. The van der Waals surface area contributed by atoms with Crippen molar-refractivity contribution in [3.8, 4) is 0 Å². The van der Waals surface area contributed by atoms with E-state index >= 15 is 0 Å². The lowest BCUT2D eigenvalue weighted by molar-refractivity contribution is 0.191. The Hall–Kier alpha value is -2.18. The molecule has 0 aliphatic heterocycles. The highest BCUT2D eigenvalue weighted by Crippen LogP contribution is 2.23. The van der Waals surface area contributed by atoms with Gasteiger partial charge in [0.25, 0.3) is 5.78 Å². The van der Waals surface area contributed by atoms with Crippen LogP contribution in [0.5, 0.6) is 0 Å². The third-order valence-electron chi connectivity index (χ3n) is 3.41. The second kappa shape index (κ2) is 6.29. The number of nitrogens with one attached hydrogen (secondary N) is 1. The number of hydrogen-bond donors (Lipinski definition) is 2. The van der Waals surface area contributed by atoms with Gasteiger partial charge in [-0.05, 0) is 12.5 Å². The number of aromatic nitrogens is 4. The SMILES string of the molecule is CCc1cc(NCC(O)c2ccccc2Cl)n2ncnc2n1. The van der Waals surface area contributed by atoms with Crippen LogP contribution in [0.25, 0.3) is 5.78 Å². The lowest BCUT2D eigenvalue weighted by Crippen LogP contribution is -2.15. The van der Waals surface area contributed by atoms with Crippen molar-refractivity contribution in [2.24, 2.45) is 0 Å². The van der Waals surface area contributed by atoms with Gasteiger partial charge in [0, 0.05) is 28.9 Å². The molecule has 0 radical (unpaired) electrons. The molecule has 0 fully saturated rings. The fraction of sp³-hybridized carbons (Fsp3) is 0.267. The monoisotopic (exact) mass is 317 g/mol. The van der Waals surface area contributed by atoms with E-state index in [1.807, 2.05) is 31.2 Å². The van der Waals surface area contributed by atoms with Crippen LogP contribution in [0.4, 0.5) is 5.82 Å². The fourth-order valence-electron chi connectivity index (χ4n) is 2.22. The minimum atomic E-state index is -0.717. The molecule has 0 bridgehead atoms. The van der Waals surface area contributed by atoms with Gasteiger partial charge >= 0.3 is 0 Å². The molecule has 1 unspecified atom stereocenters. The van der Waals surface area contributed by atoms with E-state index in [1.54, 1.807) is 10.6 Å². The molecule has 0 saturated carbocycles. The third-order valence-corrected chi connectivity index (χ3v) is 3.75. The average molecular weight is 318 g/mol. The fourth-order valence-corrected chi connectivity index (χ4v) is 2.49. The van der Waals surface area contributed by atoms with Gasteiger partial charge in [0.2, 0.25) is 0 Å². The number of hydrogen-bond acceptors (Lipinski definition) is 5. The van der Waals surface area contributed by atoms with E-state index in [9.17, 15) is 5.11 Å². The van der Waals surface area contributed by atoms with Crippen LogP contribution in [0.2, 0.25) is 5.02 Å². The molecule has 2 N–H and O–H groups in total. The van der Waals surface area contributed by atoms with Crippen LogP contribution in [0.1, 0.15) is 24.3 Å². The Labute approximate surface area is 132 Å². The summed E-state index contributed by atoms with van der Waals surface area (Å²) in [6, 6.07) is 9.16. The highest BCUT2D eigenvalue weighted by atomic mass is 35.5. The van der Waals surface area contributed by atoms with Gasteiger partial charge < -0.3 is 10.4 Å². The first-order valence-corrected chi connectivity index (χ1v) is 7.43. The summed E-state index contributed by atoms with van der Waals surface area (Å²) in [7, 11) is 0. The van der Waals surface area contributed by atoms with Crippen LogP contribution < -0.4 is 5.32 Å². The molecule has 0 saturated heterocycles. The molecular formula is C15H16ClN5O. The van der Waals surface area contributed by atoms with Crippen LogP contribution in [0.15, 0.2) is 36.7 Å². The minimum absolute atomic E-state index is 0.311. The number of aryl methyl sites for hydroxylation is 1. The number of halogens is 1. The highest BCUT2D eigenvalue weighted by molar-refractivity contribution is 6.31. The lowest BCUT2D eigenvalue weighted by Gasteiger charge is -2.15. The first kappa shape index (κ1) is 14.7. The van der Waals surface area contributed by atoms with Gasteiger partial charge in [0.05, 0.1) is 6.10 Å². The quantitative estimate of drug-likeness (QED) is 0.756. The topological polar surface area (TPSA) is 75.3 Å². The molecule has 1 aromatic carbocycles. The normalized spacial score (nSPS) is 12.5. The Bertz CT molecular complexity index is 788. The molecule has 0 spiro atoms. The number of nitrogens with zero attached hydrogens (tertiary/aromatic N) is 4. The molecule has 114 valence electrons. The van der Waals surface area contributed by atoms with Crippen molar-refractivity contribution in [2.45, 2.75) is 19.4 Å². The van der Waals surface area contributed by atoms with Crippen molar-refractivity contribution in [3.05, 3.63) is 52.9 Å². The summed E-state index contributed by atoms with van der Waals surface area (Å²) in [5, 5.41) is 18.2. The second-order valence-electron chi connectivity index (χ2n) is 4.88. The zero-order valence-corrected chi connectivity index (χ0v) is 12.8. The lowest BCUT2D eigenvalue weighted by atomic mass is 10.1. The Balaban J connectivity index is 1.82. The second-order valence-corrected chi connectivity index (χ2v) is 5.28. The summed E-state index contributed by atoms with van der Waals surface area (Å²) >= 11 is 6.10. The standard InChI is InChI=1S/C15H16ClN5O/c1-2-10-7-14(21-15(20-10)18-9-19-21)17-8-13(22)11-5-3-4-6-12(11)16/h3-7,9,13,17,22H,2,8H2,1H3. The number of anilines is 1. The van der Waals surface area contributed by atoms with E-state index in [0.717, 1.165) is 17.9 Å². The largest absolute Gasteiger partial charge is 0.387 e.